The summed E-state index contributed by atoms with van der Waals surface area (Å²) < 4.78 is 10.7. The van der Waals surface area contributed by atoms with Crippen LogP contribution in [0.25, 0.3) is 10.8 Å². The molecular weight excluding hydrogens is 340 g/mol. The van der Waals surface area contributed by atoms with Crippen LogP contribution in [0.4, 0.5) is 5.69 Å². The van der Waals surface area contributed by atoms with Crippen molar-refractivity contribution in [1.82, 2.24) is 0 Å². The van der Waals surface area contributed by atoms with E-state index in [0.717, 1.165) is 17.1 Å². The molecule has 0 bridgehead atoms. The van der Waals surface area contributed by atoms with Crippen LogP contribution in [0.3, 0.4) is 0 Å². The fraction of sp³-hybridized carbons (Fsp3) is 0.227. The Bertz CT molecular complexity index is 986. The lowest BCUT2D eigenvalue weighted by Crippen LogP contribution is -3.12. The number of carbonyl (C=O) groups is 1. The molecule has 1 unspecified atom stereocenters. The Morgan fingerprint density at radius 2 is 1.81 bits per heavy atom. The minimum absolute atomic E-state index is 0.0212. The Morgan fingerprint density at radius 3 is 2.67 bits per heavy atom. The van der Waals surface area contributed by atoms with Crippen LogP contribution in [-0.4, -0.2) is 25.8 Å². The number of quaternary nitrogens is 1. The Balaban J connectivity index is 1.41. The van der Waals surface area contributed by atoms with Crippen LogP contribution in [0, 0.1) is 0 Å². The van der Waals surface area contributed by atoms with E-state index >= 15 is 0 Å². The van der Waals surface area contributed by atoms with Crippen LogP contribution in [0.5, 0.6) is 11.5 Å². The number of hydrogen-bond donors (Lipinski definition) is 2. The molecule has 3 aromatic rings. The first kappa shape index (κ1) is 17.4. The lowest BCUT2D eigenvalue weighted by molar-refractivity contribution is -0.907. The summed E-state index contributed by atoms with van der Waals surface area (Å²) in [6.07, 6.45) is 0. The molecule has 5 nitrogen and oxygen atoms in total. The zero-order chi connectivity index (χ0) is 18.8. The molecule has 0 fully saturated rings. The molecule has 0 aliphatic carbocycles. The highest BCUT2D eigenvalue weighted by Crippen LogP contribution is 2.34. The van der Waals surface area contributed by atoms with Gasteiger partial charge in [0.05, 0.1) is 7.05 Å². The van der Waals surface area contributed by atoms with Crippen LogP contribution < -0.4 is 19.7 Å². The van der Waals surface area contributed by atoms with E-state index in [1.807, 2.05) is 38.2 Å². The second kappa shape index (κ2) is 7.29. The maximum Gasteiger partial charge on any atom is 0.282 e. The van der Waals surface area contributed by atoms with Crippen LogP contribution in [0.15, 0.2) is 60.7 Å². The maximum absolute atomic E-state index is 12.7. The summed E-state index contributed by atoms with van der Waals surface area (Å²) in [6, 6.07) is 20.0. The number of nitrogens with one attached hydrogen (secondary N) is 2. The number of likely N-dealkylation sites (N-methyl/N-ethyl adjacent to an activating group) is 1. The van der Waals surface area contributed by atoms with Crippen molar-refractivity contribution in [3.8, 4) is 11.5 Å². The summed E-state index contributed by atoms with van der Waals surface area (Å²) in [4.78, 5) is 13.8. The van der Waals surface area contributed by atoms with E-state index in [-0.39, 0.29) is 18.7 Å². The third-order valence-corrected chi connectivity index (χ3v) is 5.07. The van der Waals surface area contributed by atoms with E-state index in [1.165, 1.54) is 16.3 Å². The predicted molar refractivity (Wildman–Crippen MR) is 105 cm³/mol. The summed E-state index contributed by atoms with van der Waals surface area (Å²) in [6.45, 7) is 2.95. The molecule has 0 spiro atoms. The summed E-state index contributed by atoms with van der Waals surface area (Å²) in [7, 11) is 2.04. The van der Waals surface area contributed by atoms with Crippen molar-refractivity contribution in [1.29, 1.82) is 0 Å². The van der Waals surface area contributed by atoms with Crippen molar-refractivity contribution in [3.05, 3.63) is 66.2 Å². The number of anilines is 1. The molecule has 0 saturated heterocycles. The van der Waals surface area contributed by atoms with Gasteiger partial charge in [0.25, 0.3) is 5.91 Å². The number of carbonyl (C=O) groups excluding carboxylic acids is 1. The lowest BCUT2D eigenvalue weighted by Gasteiger charge is -2.21. The van der Waals surface area contributed by atoms with E-state index in [2.05, 4.69) is 35.6 Å². The number of ether oxygens (including phenoxy) is 2. The fourth-order valence-electron chi connectivity index (χ4n) is 3.27. The van der Waals surface area contributed by atoms with Gasteiger partial charge in [0.15, 0.2) is 17.5 Å². The zero-order valence-corrected chi connectivity index (χ0v) is 15.5. The normalized spacial score (nSPS) is 14.7. The highest BCUT2D eigenvalue weighted by molar-refractivity contribution is 5.94. The van der Waals surface area contributed by atoms with Crippen LogP contribution in [0.2, 0.25) is 0 Å². The van der Waals surface area contributed by atoms with Gasteiger partial charge in [-0.1, -0.05) is 36.4 Å². The van der Waals surface area contributed by atoms with Gasteiger partial charge in [-0.25, -0.2) is 0 Å². The third kappa shape index (κ3) is 3.73. The number of benzene rings is 3. The average molecular weight is 363 g/mol. The van der Waals surface area contributed by atoms with E-state index in [9.17, 15) is 4.79 Å². The first-order chi connectivity index (χ1) is 13.1. The molecule has 1 aliphatic rings. The van der Waals surface area contributed by atoms with Crippen molar-refractivity contribution in [2.45, 2.75) is 19.5 Å². The standard InChI is InChI=1S/C22H22N2O3/c1-15(22(25)23-19-9-10-20-21(12-19)27-14-26-20)24(2)13-16-7-8-17-5-3-4-6-18(17)11-16/h3-12,15H,13-14H2,1-2H3,(H,23,25)/p+1/t15-/m0/s1. The molecule has 1 heterocycles. The van der Waals surface area contributed by atoms with Gasteiger partial charge < -0.3 is 19.7 Å². The number of hydrogen-bond acceptors (Lipinski definition) is 3. The van der Waals surface area contributed by atoms with Crippen molar-refractivity contribution in [3.63, 3.8) is 0 Å². The Kier molecular flexibility index (Phi) is 4.69. The van der Waals surface area contributed by atoms with E-state index < -0.39 is 0 Å². The SMILES string of the molecule is C[C@@H](C(=O)Nc1ccc2c(c1)OCO2)[NH+](C)Cc1ccc2ccccc2c1. The van der Waals surface area contributed by atoms with Crippen molar-refractivity contribution >= 4 is 22.4 Å². The first-order valence-corrected chi connectivity index (χ1v) is 9.10. The second-order valence-electron chi connectivity index (χ2n) is 6.98. The molecule has 4 rings (SSSR count). The molecule has 0 radical (unpaired) electrons. The first-order valence-electron chi connectivity index (χ1n) is 9.10. The number of fused-ring (bicyclic) bond motifs is 2. The summed E-state index contributed by atoms with van der Waals surface area (Å²) in [5, 5.41) is 5.42. The van der Waals surface area contributed by atoms with Crippen LogP contribution >= 0.6 is 0 Å². The van der Waals surface area contributed by atoms with Gasteiger partial charge in [-0.3, -0.25) is 4.79 Å². The Morgan fingerprint density at radius 1 is 1.04 bits per heavy atom. The molecule has 5 heteroatoms. The van der Waals surface area contributed by atoms with Gasteiger partial charge in [-0.05, 0) is 35.9 Å². The monoisotopic (exact) mass is 363 g/mol. The molecule has 3 aromatic carbocycles. The highest BCUT2D eigenvalue weighted by atomic mass is 16.7. The number of rotatable bonds is 5. The van der Waals surface area contributed by atoms with Crippen LogP contribution in [-0.2, 0) is 11.3 Å². The molecular formula is C22H23N2O3+. The van der Waals surface area contributed by atoms with Crippen molar-refractivity contribution < 1.29 is 19.2 Å². The van der Waals surface area contributed by atoms with Gasteiger partial charge in [0.1, 0.15) is 6.54 Å². The minimum Gasteiger partial charge on any atom is -0.454 e. The van der Waals surface area contributed by atoms with Gasteiger partial charge in [0, 0.05) is 17.3 Å². The van der Waals surface area contributed by atoms with E-state index in [1.54, 1.807) is 6.07 Å². The summed E-state index contributed by atoms with van der Waals surface area (Å²) in [5.74, 6) is 1.35. The second-order valence-corrected chi connectivity index (χ2v) is 6.98. The van der Waals surface area contributed by atoms with Gasteiger partial charge >= 0.3 is 0 Å². The van der Waals surface area contributed by atoms with Crippen molar-refractivity contribution in [2.24, 2.45) is 0 Å². The Labute approximate surface area is 158 Å². The average Bonchev–Trinajstić information content (AvgIpc) is 3.15. The van der Waals surface area contributed by atoms with Gasteiger partial charge in [0.2, 0.25) is 6.79 Å². The molecule has 1 aliphatic heterocycles. The fourth-order valence-corrected chi connectivity index (χ4v) is 3.27. The smallest absolute Gasteiger partial charge is 0.282 e. The molecule has 27 heavy (non-hydrogen) atoms. The predicted octanol–water partition coefficient (Wildman–Crippen LogP) is 2.61. The van der Waals surface area contributed by atoms with E-state index in [4.69, 9.17) is 9.47 Å². The molecule has 2 atom stereocenters. The zero-order valence-electron chi connectivity index (χ0n) is 15.5. The molecule has 2 N–H and O–H groups in total. The van der Waals surface area contributed by atoms with Gasteiger partial charge in [-0.15, -0.1) is 0 Å². The van der Waals surface area contributed by atoms with Crippen molar-refractivity contribution in [2.75, 3.05) is 19.2 Å². The quantitative estimate of drug-likeness (QED) is 0.733. The molecule has 138 valence electrons. The summed E-state index contributed by atoms with van der Waals surface area (Å²) in [5.41, 5.74) is 1.93. The molecule has 0 aromatic heterocycles. The molecule has 0 saturated carbocycles. The van der Waals surface area contributed by atoms with Gasteiger partial charge in [-0.2, -0.15) is 0 Å². The summed E-state index contributed by atoms with van der Waals surface area (Å²) >= 11 is 0. The Hall–Kier alpha value is -3.05. The highest BCUT2D eigenvalue weighted by Gasteiger charge is 2.23. The minimum atomic E-state index is -0.193. The maximum atomic E-state index is 12.7. The van der Waals surface area contributed by atoms with Crippen LogP contribution in [0.1, 0.15) is 12.5 Å². The lowest BCUT2D eigenvalue weighted by atomic mass is 10.1. The topological polar surface area (TPSA) is 52.0 Å². The van der Waals surface area contributed by atoms with E-state index in [0.29, 0.717) is 11.5 Å². The molecule has 1 amide bonds. The third-order valence-electron chi connectivity index (χ3n) is 5.07. The largest absolute Gasteiger partial charge is 0.454 e. The number of amides is 1.